The Morgan fingerprint density at radius 1 is 1.29 bits per heavy atom. The van der Waals surface area contributed by atoms with Crippen LogP contribution >= 0.6 is 0 Å². The number of rotatable bonds is 4. The number of halogens is 3. The first-order valence-electron chi connectivity index (χ1n) is 6.29. The molecule has 0 bridgehead atoms. The summed E-state index contributed by atoms with van der Waals surface area (Å²) in [5, 5.41) is 12.7. The Labute approximate surface area is 101 Å². The fourth-order valence-electron chi connectivity index (χ4n) is 2.20. The highest BCUT2D eigenvalue weighted by molar-refractivity contribution is 4.82. The standard InChI is InChI=1S/C12H22F3NO/c1-8(2)11(17)7-16-10-5-3-4-9(6-10)12(13,14)15/h8-11,16-17H,3-7H2,1-2H3. The first kappa shape index (κ1) is 14.8. The van der Waals surface area contributed by atoms with Gasteiger partial charge in [0.1, 0.15) is 0 Å². The normalized spacial score (nSPS) is 28.4. The Balaban J connectivity index is 2.35. The van der Waals surface area contributed by atoms with E-state index in [1.807, 2.05) is 13.8 Å². The molecule has 0 radical (unpaired) electrons. The van der Waals surface area contributed by atoms with Crippen molar-refractivity contribution in [3.8, 4) is 0 Å². The minimum absolute atomic E-state index is 0.108. The summed E-state index contributed by atoms with van der Waals surface area (Å²) in [6.07, 6.45) is -2.78. The summed E-state index contributed by atoms with van der Waals surface area (Å²) in [7, 11) is 0. The van der Waals surface area contributed by atoms with Gasteiger partial charge >= 0.3 is 6.18 Å². The van der Waals surface area contributed by atoms with Crippen LogP contribution in [0.15, 0.2) is 0 Å². The molecule has 1 fully saturated rings. The van der Waals surface area contributed by atoms with Gasteiger partial charge in [-0.1, -0.05) is 20.3 Å². The maximum absolute atomic E-state index is 12.6. The molecule has 0 spiro atoms. The van der Waals surface area contributed by atoms with Gasteiger partial charge in [0.15, 0.2) is 0 Å². The fourth-order valence-corrected chi connectivity index (χ4v) is 2.20. The van der Waals surface area contributed by atoms with Crippen LogP contribution in [0.25, 0.3) is 0 Å². The monoisotopic (exact) mass is 253 g/mol. The number of nitrogens with one attached hydrogen (secondary N) is 1. The summed E-state index contributed by atoms with van der Waals surface area (Å²) in [6, 6.07) is -0.108. The van der Waals surface area contributed by atoms with Gasteiger partial charge < -0.3 is 10.4 Å². The Kier molecular flexibility index (Phi) is 5.25. The van der Waals surface area contributed by atoms with E-state index in [4.69, 9.17) is 0 Å². The molecule has 0 aromatic rings. The van der Waals surface area contributed by atoms with E-state index in [1.54, 1.807) is 0 Å². The molecule has 1 saturated carbocycles. The van der Waals surface area contributed by atoms with Gasteiger partial charge in [0.05, 0.1) is 12.0 Å². The van der Waals surface area contributed by atoms with Crippen LogP contribution in [0.4, 0.5) is 13.2 Å². The maximum Gasteiger partial charge on any atom is 0.391 e. The van der Waals surface area contributed by atoms with E-state index < -0.39 is 18.2 Å². The Morgan fingerprint density at radius 2 is 1.94 bits per heavy atom. The van der Waals surface area contributed by atoms with E-state index >= 15 is 0 Å². The first-order chi connectivity index (χ1) is 7.80. The van der Waals surface area contributed by atoms with E-state index in [-0.39, 0.29) is 24.8 Å². The van der Waals surface area contributed by atoms with Crippen molar-refractivity contribution in [2.24, 2.45) is 11.8 Å². The molecular formula is C12H22F3NO. The van der Waals surface area contributed by atoms with Crippen LogP contribution in [0.1, 0.15) is 39.5 Å². The van der Waals surface area contributed by atoms with Crippen LogP contribution in [0, 0.1) is 11.8 Å². The van der Waals surface area contributed by atoms with Crippen LogP contribution in [-0.4, -0.2) is 30.0 Å². The molecule has 0 amide bonds. The average Bonchev–Trinajstić information content (AvgIpc) is 2.25. The molecule has 0 aromatic carbocycles. The van der Waals surface area contributed by atoms with Gasteiger partial charge in [-0.3, -0.25) is 0 Å². The average molecular weight is 253 g/mol. The molecular weight excluding hydrogens is 231 g/mol. The zero-order valence-corrected chi connectivity index (χ0v) is 10.4. The molecule has 102 valence electrons. The summed E-state index contributed by atoms with van der Waals surface area (Å²) < 4.78 is 37.7. The van der Waals surface area contributed by atoms with Crippen LogP contribution in [0.3, 0.4) is 0 Å². The molecule has 0 saturated heterocycles. The molecule has 2 N–H and O–H groups in total. The SMILES string of the molecule is CC(C)C(O)CNC1CCCC(C(F)(F)F)C1. The number of hydrogen-bond donors (Lipinski definition) is 2. The molecule has 1 rings (SSSR count). The largest absolute Gasteiger partial charge is 0.392 e. The number of aliphatic hydroxyl groups is 1. The number of alkyl halides is 3. The molecule has 17 heavy (non-hydrogen) atoms. The van der Waals surface area contributed by atoms with Crippen molar-refractivity contribution in [3.05, 3.63) is 0 Å². The molecule has 1 aliphatic carbocycles. The van der Waals surface area contributed by atoms with E-state index in [9.17, 15) is 18.3 Å². The highest BCUT2D eigenvalue weighted by Crippen LogP contribution is 2.37. The van der Waals surface area contributed by atoms with Crippen LogP contribution in [0.2, 0.25) is 0 Å². The predicted octanol–water partition coefficient (Wildman–Crippen LogP) is 2.71. The Hall–Kier alpha value is -0.290. The third-order valence-corrected chi connectivity index (χ3v) is 3.52. The lowest BCUT2D eigenvalue weighted by Gasteiger charge is -2.32. The highest BCUT2D eigenvalue weighted by atomic mass is 19.4. The van der Waals surface area contributed by atoms with Gasteiger partial charge in [0.25, 0.3) is 0 Å². The lowest BCUT2D eigenvalue weighted by atomic mass is 9.85. The summed E-state index contributed by atoms with van der Waals surface area (Å²) >= 11 is 0. The second-order valence-corrected chi connectivity index (χ2v) is 5.32. The Bertz CT molecular complexity index is 230. The summed E-state index contributed by atoms with van der Waals surface area (Å²) in [5.41, 5.74) is 0. The summed E-state index contributed by atoms with van der Waals surface area (Å²) in [5.74, 6) is -1.05. The molecule has 0 aliphatic heterocycles. The molecule has 3 unspecified atom stereocenters. The quantitative estimate of drug-likeness (QED) is 0.807. The summed E-state index contributed by atoms with van der Waals surface area (Å²) in [4.78, 5) is 0. The van der Waals surface area contributed by atoms with Crippen molar-refractivity contribution in [1.82, 2.24) is 5.32 Å². The van der Waals surface area contributed by atoms with Gasteiger partial charge in [-0.25, -0.2) is 0 Å². The molecule has 1 aliphatic rings. The minimum Gasteiger partial charge on any atom is -0.392 e. The van der Waals surface area contributed by atoms with Crippen molar-refractivity contribution in [3.63, 3.8) is 0 Å². The molecule has 3 atom stereocenters. The number of hydrogen-bond acceptors (Lipinski definition) is 2. The highest BCUT2D eigenvalue weighted by Gasteiger charge is 2.42. The van der Waals surface area contributed by atoms with Gasteiger partial charge in [-0.15, -0.1) is 0 Å². The summed E-state index contributed by atoms with van der Waals surface area (Å²) in [6.45, 7) is 4.17. The van der Waals surface area contributed by atoms with Gasteiger partial charge in [-0.2, -0.15) is 13.2 Å². The van der Waals surface area contributed by atoms with Crippen molar-refractivity contribution in [2.75, 3.05) is 6.54 Å². The fraction of sp³-hybridized carbons (Fsp3) is 1.00. The first-order valence-corrected chi connectivity index (χ1v) is 6.29. The third kappa shape index (κ3) is 4.84. The molecule has 5 heteroatoms. The maximum atomic E-state index is 12.6. The van der Waals surface area contributed by atoms with Crippen molar-refractivity contribution >= 4 is 0 Å². The van der Waals surface area contributed by atoms with Crippen LogP contribution < -0.4 is 5.32 Å². The van der Waals surface area contributed by atoms with E-state index in [0.29, 0.717) is 13.0 Å². The smallest absolute Gasteiger partial charge is 0.391 e. The van der Waals surface area contributed by atoms with Gasteiger partial charge in [0.2, 0.25) is 0 Å². The van der Waals surface area contributed by atoms with Crippen LogP contribution in [0.5, 0.6) is 0 Å². The molecule has 0 heterocycles. The zero-order chi connectivity index (χ0) is 13.1. The zero-order valence-electron chi connectivity index (χ0n) is 10.4. The van der Waals surface area contributed by atoms with E-state index in [2.05, 4.69) is 5.32 Å². The third-order valence-electron chi connectivity index (χ3n) is 3.52. The van der Waals surface area contributed by atoms with Gasteiger partial charge in [0, 0.05) is 12.6 Å². The molecule has 2 nitrogen and oxygen atoms in total. The lowest BCUT2D eigenvalue weighted by molar-refractivity contribution is -0.183. The van der Waals surface area contributed by atoms with E-state index in [1.165, 1.54) is 0 Å². The second-order valence-electron chi connectivity index (χ2n) is 5.32. The minimum atomic E-state index is -4.07. The van der Waals surface area contributed by atoms with Crippen LogP contribution in [-0.2, 0) is 0 Å². The molecule has 0 aromatic heterocycles. The predicted molar refractivity (Wildman–Crippen MR) is 60.6 cm³/mol. The Morgan fingerprint density at radius 3 is 2.47 bits per heavy atom. The topological polar surface area (TPSA) is 32.3 Å². The van der Waals surface area contributed by atoms with Crippen molar-refractivity contribution in [1.29, 1.82) is 0 Å². The second kappa shape index (κ2) is 6.05. The van der Waals surface area contributed by atoms with Crippen molar-refractivity contribution < 1.29 is 18.3 Å². The lowest BCUT2D eigenvalue weighted by Crippen LogP contribution is -2.42. The van der Waals surface area contributed by atoms with E-state index in [0.717, 1.165) is 6.42 Å². The number of aliphatic hydroxyl groups excluding tert-OH is 1. The van der Waals surface area contributed by atoms with Gasteiger partial charge in [-0.05, 0) is 25.2 Å². The van der Waals surface area contributed by atoms with Crippen molar-refractivity contribution in [2.45, 2.75) is 57.9 Å².